The summed E-state index contributed by atoms with van der Waals surface area (Å²) in [5.41, 5.74) is 4.83. The Morgan fingerprint density at radius 2 is 2.10 bits per heavy atom. The van der Waals surface area contributed by atoms with Gasteiger partial charge in [0.15, 0.2) is 0 Å². The highest BCUT2D eigenvalue weighted by molar-refractivity contribution is 7.97. The smallest absolute Gasteiger partial charge is 0.321 e. The summed E-state index contributed by atoms with van der Waals surface area (Å²) in [4.78, 5) is 32.2. The molecule has 1 atom stereocenters. The first-order valence-electron chi connectivity index (χ1n) is 5.58. The van der Waals surface area contributed by atoms with Crippen molar-refractivity contribution in [3.05, 3.63) is 34.4 Å². The fraction of sp³-hybridized carbons (Fsp3) is 0.273. The molecule has 0 aliphatic heterocycles. The zero-order chi connectivity index (χ0) is 15.1. The largest absolute Gasteiger partial charge is 0.480 e. The van der Waals surface area contributed by atoms with Crippen LogP contribution in [0.15, 0.2) is 29.2 Å². The number of benzene rings is 1. The second-order valence-electron chi connectivity index (χ2n) is 3.84. The zero-order valence-electron chi connectivity index (χ0n) is 10.3. The highest BCUT2D eigenvalue weighted by Gasteiger charge is 2.20. The number of primary amides is 1. The summed E-state index contributed by atoms with van der Waals surface area (Å²) in [7, 11) is 0. The van der Waals surface area contributed by atoms with Crippen LogP contribution in [-0.4, -0.2) is 27.9 Å². The maximum atomic E-state index is 11.0. The van der Waals surface area contributed by atoms with Crippen LogP contribution in [0.2, 0.25) is 0 Å². The van der Waals surface area contributed by atoms with Gasteiger partial charge in [-0.1, -0.05) is 12.1 Å². The standard InChI is InChI=1S/C11H13N3O5S/c12-10(15)6-5-7(11(16)17)13-20-9-4-2-1-3-8(9)14(18)19/h1-4,7,13H,5-6H2,(H2,12,15)(H,16,17)/t7-/m1/s1. The highest BCUT2D eigenvalue weighted by Crippen LogP contribution is 2.27. The number of nitro benzene ring substituents is 1. The number of carbonyl (C=O) groups excluding carboxylic acids is 1. The van der Waals surface area contributed by atoms with E-state index in [2.05, 4.69) is 4.72 Å². The van der Waals surface area contributed by atoms with Gasteiger partial charge in [0.1, 0.15) is 10.9 Å². The van der Waals surface area contributed by atoms with Crippen LogP contribution in [0.1, 0.15) is 12.8 Å². The first-order chi connectivity index (χ1) is 9.41. The number of hydrogen-bond donors (Lipinski definition) is 3. The number of nitrogens with two attached hydrogens (primary N) is 1. The number of nitrogens with one attached hydrogen (secondary N) is 1. The lowest BCUT2D eigenvalue weighted by Crippen LogP contribution is -2.33. The van der Waals surface area contributed by atoms with E-state index in [0.717, 1.165) is 11.9 Å². The number of nitrogens with zero attached hydrogens (tertiary/aromatic N) is 1. The van der Waals surface area contributed by atoms with Gasteiger partial charge in [0.25, 0.3) is 5.69 Å². The number of nitro groups is 1. The van der Waals surface area contributed by atoms with Crippen LogP contribution < -0.4 is 10.5 Å². The van der Waals surface area contributed by atoms with Gasteiger partial charge < -0.3 is 10.8 Å². The molecular formula is C11H13N3O5S. The summed E-state index contributed by atoms with van der Waals surface area (Å²) in [6.45, 7) is 0. The van der Waals surface area contributed by atoms with Gasteiger partial charge in [0, 0.05) is 12.5 Å². The first kappa shape index (κ1) is 15.9. The third-order valence-electron chi connectivity index (χ3n) is 2.35. The maximum absolute atomic E-state index is 11.0. The third-order valence-corrected chi connectivity index (χ3v) is 3.32. The Bertz CT molecular complexity index is 523. The Balaban J connectivity index is 2.70. The molecule has 0 radical (unpaired) electrons. The molecule has 1 aromatic carbocycles. The predicted octanol–water partition coefficient (Wildman–Crippen LogP) is 0.910. The average Bonchev–Trinajstić information content (AvgIpc) is 2.38. The van der Waals surface area contributed by atoms with E-state index in [1.54, 1.807) is 6.07 Å². The Morgan fingerprint density at radius 1 is 1.45 bits per heavy atom. The lowest BCUT2D eigenvalue weighted by Gasteiger charge is -2.12. The monoisotopic (exact) mass is 299 g/mol. The highest BCUT2D eigenvalue weighted by atomic mass is 32.2. The second-order valence-corrected chi connectivity index (χ2v) is 4.72. The SMILES string of the molecule is NC(=O)CC[C@@H](NSc1ccccc1[N+](=O)[O-])C(=O)O. The number of carboxylic acid groups (broad SMARTS) is 1. The molecular weight excluding hydrogens is 286 g/mol. The third kappa shape index (κ3) is 4.86. The fourth-order valence-corrected chi connectivity index (χ4v) is 2.23. The van der Waals surface area contributed by atoms with Gasteiger partial charge in [0.2, 0.25) is 5.91 Å². The van der Waals surface area contributed by atoms with Crippen molar-refractivity contribution in [3.63, 3.8) is 0 Å². The molecule has 0 aliphatic carbocycles. The molecule has 108 valence electrons. The molecule has 0 saturated heterocycles. The number of aliphatic carboxylic acids is 1. The maximum Gasteiger partial charge on any atom is 0.321 e. The molecule has 9 heteroatoms. The van der Waals surface area contributed by atoms with E-state index in [4.69, 9.17) is 10.8 Å². The normalized spacial score (nSPS) is 11.8. The molecule has 0 spiro atoms. The quantitative estimate of drug-likeness (QED) is 0.368. The van der Waals surface area contributed by atoms with Gasteiger partial charge in [-0.05, 0) is 24.4 Å². The van der Waals surface area contributed by atoms with E-state index in [0.29, 0.717) is 4.90 Å². The number of carbonyl (C=O) groups is 2. The van der Waals surface area contributed by atoms with Gasteiger partial charge in [-0.2, -0.15) is 0 Å². The summed E-state index contributed by atoms with van der Waals surface area (Å²) in [5, 5.41) is 19.8. The minimum Gasteiger partial charge on any atom is -0.480 e. The van der Waals surface area contributed by atoms with Gasteiger partial charge in [-0.25, -0.2) is 4.72 Å². The fourth-order valence-electron chi connectivity index (χ4n) is 1.35. The summed E-state index contributed by atoms with van der Waals surface area (Å²) >= 11 is 0.839. The van der Waals surface area contributed by atoms with Crippen molar-refractivity contribution in [2.45, 2.75) is 23.8 Å². The van der Waals surface area contributed by atoms with Crippen LogP contribution >= 0.6 is 11.9 Å². The Labute approximate surface area is 118 Å². The van der Waals surface area contributed by atoms with E-state index < -0.39 is 22.8 Å². The van der Waals surface area contributed by atoms with Crippen molar-refractivity contribution in [2.75, 3.05) is 0 Å². The molecule has 20 heavy (non-hydrogen) atoms. The molecule has 0 heterocycles. The minimum absolute atomic E-state index is 0.0122. The average molecular weight is 299 g/mol. The number of rotatable bonds is 8. The minimum atomic E-state index is -1.16. The topological polar surface area (TPSA) is 136 Å². The molecule has 0 saturated carbocycles. The van der Waals surface area contributed by atoms with Crippen molar-refractivity contribution in [2.24, 2.45) is 5.73 Å². The molecule has 4 N–H and O–H groups in total. The lowest BCUT2D eigenvalue weighted by molar-refractivity contribution is -0.387. The molecule has 1 amide bonds. The van der Waals surface area contributed by atoms with Crippen molar-refractivity contribution < 1.29 is 19.6 Å². The van der Waals surface area contributed by atoms with Gasteiger partial charge in [-0.15, -0.1) is 0 Å². The molecule has 1 rings (SSSR count). The summed E-state index contributed by atoms with van der Waals surface area (Å²) in [5.74, 6) is -1.76. The molecule has 1 aromatic rings. The molecule has 8 nitrogen and oxygen atoms in total. The van der Waals surface area contributed by atoms with Gasteiger partial charge >= 0.3 is 5.97 Å². The number of amides is 1. The Kier molecular flexibility index (Phi) is 5.94. The van der Waals surface area contributed by atoms with Crippen LogP contribution in [0.3, 0.4) is 0 Å². The number of carboxylic acids is 1. The van der Waals surface area contributed by atoms with Crippen molar-refractivity contribution in [3.8, 4) is 0 Å². The number of hydrogen-bond acceptors (Lipinski definition) is 6. The van der Waals surface area contributed by atoms with Crippen LogP contribution in [0.5, 0.6) is 0 Å². The zero-order valence-corrected chi connectivity index (χ0v) is 11.1. The van der Waals surface area contributed by atoms with Crippen molar-refractivity contribution in [1.82, 2.24) is 4.72 Å². The van der Waals surface area contributed by atoms with Crippen LogP contribution in [0.25, 0.3) is 0 Å². The van der Waals surface area contributed by atoms with Crippen molar-refractivity contribution >= 4 is 29.5 Å². The van der Waals surface area contributed by atoms with E-state index in [1.807, 2.05) is 0 Å². The molecule has 0 aromatic heterocycles. The van der Waals surface area contributed by atoms with Crippen LogP contribution in [-0.2, 0) is 9.59 Å². The van der Waals surface area contributed by atoms with Crippen molar-refractivity contribution in [1.29, 1.82) is 0 Å². The Morgan fingerprint density at radius 3 is 2.65 bits per heavy atom. The first-order valence-corrected chi connectivity index (χ1v) is 6.40. The molecule has 0 fully saturated rings. The summed E-state index contributed by atoms with van der Waals surface area (Å²) < 4.78 is 2.59. The second kappa shape index (κ2) is 7.46. The van der Waals surface area contributed by atoms with E-state index >= 15 is 0 Å². The number of para-hydroxylation sites is 1. The molecule has 0 aliphatic rings. The lowest BCUT2D eigenvalue weighted by atomic mass is 10.2. The molecule has 0 bridgehead atoms. The van der Waals surface area contributed by atoms with Gasteiger partial charge in [0.05, 0.1) is 4.92 Å². The summed E-state index contributed by atoms with van der Waals surface area (Å²) in [6, 6.07) is 4.93. The Hall–Kier alpha value is -2.13. The summed E-state index contributed by atoms with van der Waals surface area (Å²) in [6.07, 6.45) is -0.0697. The molecule has 0 unspecified atom stereocenters. The van der Waals surface area contributed by atoms with Crippen LogP contribution in [0, 0.1) is 10.1 Å². The van der Waals surface area contributed by atoms with E-state index in [-0.39, 0.29) is 18.5 Å². The van der Waals surface area contributed by atoms with E-state index in [9.17, 15) is 19.7 Å². The van der Waals surface area contributed by atoms with E-state index in [1.165, 1.54) is 18.2 Å². The van der Waals surface area contributed by atoms with Gasteiger partial charge in [-0.3, -0.25) is 19.7 Å². The predicted molar refractivity (Wildman–Crippen MR) is 71.9 cm³/mol. The van der Waals surface area contributed by atoms with Crippen LogP contribution in [0.4, 0.5) is 5.69 Å².